The third-order valence-corrected chi connectivity index (χ3v) is 1.85. The third kappa shape index (κ3) is 3.73. The summed E-state index contributed by atoms with van der Waals surface area (Å²) in [7, 11) is 0. The number of hydrogen-bond acceptors (Lipinski definition) is 2. The fourth-order valence-corrected chi connectivity index (χ4v) is 1.12. The van der Waals surface area contributed by atoms with E-state index in [-0.39, 0.29) is 0 Å². The lowest BCUT2D eigenvalue weighted by Crippen LogP contribution is -1.86. The molecule has 0 aliphatic carbocycles. The molecule has 0 bridgehead atoms. The third-order valence-electron chi connectivity index (χ3n) is 1.85. The molecule has 1 aromatic heterocycles. The molecule has 0 saturated heterocycles. The monoisotopic (exact) mass is 215 g/mol. The van der Waals surface area contributed by atoms with E-state index in [0.29, 0.717) is 5.88 Å². The minimum absolute atomic E-state index is 0.627. The summed E-state index contributed by atoms with van der Waals surface area (Å²) >= 11 is 0. The van der Waals surface area contributed by atoms with Crippen molar-refractivity contribution < 1.29 is 4.74 Å². The first-order valence-corrected chi connectivity index (χ1v) is 5.50. The average Bonchev–Trinajstić information content (AvgIpc) is 2.36. The molecule has 0 saturated carbocycles. The van der Waals surface area contributed by atoms with Crippen LogP contribution in [0.1, 0.15) is 19.4 Å². The largest absolute Gasteiger partial charge is 0.439 e. The molecule has 0 spiro atoms. The fraction of sp³-hybridized carbons (Fsp3) is 0.214. The van der Waals surface area contributed by atoms with Gasteiger partial charge in [0.2, 0.25) is 5.88 Å². The zero-order valence-electron chi connectivity index (χ0n) is 9.97. The van der Waals surface area contributed by atoms with Crippen LogP contribution in [0, 0.1) is 6.92 Å². The molecule has 0 unspecified atom stereocenters. The number of hydrogen-bond donors (Lipinski definition) is 0. The molecule has 0 aliphatic rings. The Bertz CT molecular complexity index is 395. The number of para-hydroxylation sites is 1. The Morgan fingerprint density at radius 2 is 1.62 bits per heavy atom. The highest BCUT2D eigenvalue weighted by Crippen LogP contribution is 2.17. The number of benzene rings is 1. The minimum Gasteiger partial charge on any atom is -0.439 e. The summed E-state index contributed by atoms with van der Waals surface area (Å²) in [5.41, 5.74) is 1.13. The number of nitrogens with zero attached hydrogens (tertiary/aromatic N) is 1. The van der Waals surface area contributed by atoms with Gasteiger partial charge in [-0.25, -0.2) is 4.98 Å². The van der Waals surface area contributed by atoms with Gasteiger partial charge in [-0.1, -0.05) is 38.1 Å². The van der Waals surface area contributed by atoms with Crippen molar-refractivity contribution in [3.63, 3.8) is 0 Å². The molecule has 1 aromatic carbocycles. The Kier molecular flexibility index (Phi) is 5.06. The first kappa shape index (κ1) is 12.2. The summed E-state index contributed by atoms with van der Waals surface area (Å²) in [6, 6.07) is 13.5. The normalized spacial score (nSPS) is 8.94. The molecule has 0 N–H and O–H groups in total. The quantitative estimate of drug-likeness (QED) is 0.748. The first-order chi connectivity index (χ1) is 7.84. The fourth-order valence-electron chi connectivity index (χ4n) is 1.12. The van der Waals surface area contributed by atoms with Gasteiger partial charge in [-0.3, -0.25) is 0 Å². The SMILES string of the molecule is CC.Cc1ccc(Oc2ccccc2)nc1. The van der Waals surface area contributed by atoms with Gasteiger partial charge in [0.1, 0.15) is 5.75 Å². The molecular weight excluding hydrogens is 198 g/mol. The molecule has 0 atom stereocenters. The first-order valence-electron chi connectivity index (χ1n) is 5.50. The van der Waals surface area contributed by atoms with Crippen molar-refractivity contribution in [1.82, 2.24) is 4.98 Å². The van der Waals surface area contributed by atoms with Crippen LogP contribution in [0.3, 0.4) is 0 Å². The van der Waals surface area contributed by atoms with Gasteiger partial charge in [0, 0.05) is 12.3 Å². The maximum absolute atomic E-state index is 5.52. The number of ether oxygens (including phenoxy) is 1. The predicted octanol–water partition coefficient (Wildman–Crippen LogP) is 4.21. The molecule has 0 radical (unpaired) electrons. The second-order valence-corrected chi connectivity index (χ2v) is 3.09. The van der Waals surface area contributed by atoms with Gasteiger partial charge in [0.25, 0.3) is 0 Å². The van der Waals surface area contributed by atoms with Crippen molar-refractivity contribution >= 4 is 0 Å². The molecule has 2 rings (SSSR count). The van der Waals surface area contributed by atoms with Crippen molar-refractivity contribution in [2.45, 2.75) is 20.8 Å². The van der Waals surface area contributed by atoms with Crippen LogP contribution in [0.5, 0.6) is 11.6 Å². The molecule has 0 amide bonds. The summed E-state index contributed by atoms with van der Waals surface area (Å²) in [6.45, 7) is 6.00. The summed E-state index contributed by atoms with van der Waals surface area (Å²) in [5, 5.41) is 0. The van der Waals surface area contributed by atoms with Crippen LogP contribution in [-0.4, -0.2) is 4.98 Å². The molecule has 2 aromatic rings. The number of aryl methyl sites for hydroxylation is 1. The van der Waals surface area contributed by atoms with Crippen LogP contribution < -0.4 is 4.74 Å². The van der Waals surface area contributed by atoms with E-state index in [1.807, 2.05) is 63.2 Å². The Hall–Kier alpha value is -1.83. The number of pyridine rings is 1. The summed E-state index contributed by atoms with van der Waals surface area (Å²) in [4.78, 5) is 4.15. The van der Waals surface area contributed by atoms with Crippen LogP contribution in [0.2, 0.25) is 0 Å². The van der Waals surface area contributed by atoms with E-state index >= 15 is 0 Å². The highest BCUT2D eigenvalue weighted by Gasteiger charge is 1.95. The van der Waals surface area contributed by atoms with Crippen LogP contribution in [0.15, 0.2) is 48.7 Å². The van der Waals surface area contributed by atoms with Crippen molar-refractivity contribution in [3.8, 4) is 11.6 Å². The molecule has 1 heterocycles. The molecule has 0 fully saturated rings. The Labute approximate surface area is 96.9 Å². The predicted molar refractivity (Wildman–Crippen MR) is 66.8 cm³/mol. The maximum Gasteiger partial charge on any atom is 0.219 e. The molecule has 84 valence electrons. The van der Waals surface area contributed by atoms with Crippen molar-refractivity contribution in [2.75, 3.05) is 0 Å². The van der Waals surface area contributed by atoms with Gasteiger partial charge in [0.15, 0.2) is 0 Å². The van der Waals surface area contributed by atoms with E-state index in [2.05, 4.69) is 4.98 Å². The lowest BCUT2D eigenvalue weighted by molar-refractivity contribution is 0.462. The Morgan fingerprint density at radius 1 is 0.938 bits per heavy atom. The van der Waals surface area contributed by atoms with E-state index in [1.54, 1.807) is 6.20 Å². The van der Waals surface area contributed by atoms with E-state index < -0.39 is 0 Å². The highest BCUT2D eigenvalue weighted by molar-refractivity contribution is 5.27. The highest BCUT2D eigenvalue weighted by atomic mass is 16.5. The van der Waals surface area contributed by atoms with Crippen LogP contribution in [0.4, 0.5) is 0 Å². The van der Waals surface area contributed by atoms with Crippen molar-refractivity contribution in [1.29, 1.82) is 0 Å². The van der Waals surface area contributed by atoms with Crippen molar-refractivity contribution in [3.05, 3.63) is 54.2 Å². The number of aromatic nitrogens is 1. The summed E-state index contributed by atoms with van der Waals surface area (Å²) in [6.07, 6.45) is 1.79. The topological polar surface area (TPSA) is 22.1 Å². The zero-order valence-corrected chi connectivity index (χ0v) is 9.97. The summed E-state index contributed by atoms with van der Waals surface area (Å²) in [5.74, 6) is 1.44. The van der Waals surface area contributed by atoms with E-state index in [0.717, 1.165) is 11.3 Å². The maximum atomic E-state index is 5.52. The number of rotatable bonds is 2. The second-order valence-electron chi connectivity index (χ2n) is 3.09. The van der Waals surface area contributed by atoms with Crippen LogP contribution in [-0.2, 0) is 0 Å². The van der Waals surface area contributed by atoms with Gasteiger partial charge in [-0.15, -0.1) is 0 Å². The van der Waals surface area contributed by atoms with Gasteiger partial charge >= 0.3 is 0 Å². The van der Waals surface area contributed by atoms with Gasteiger partial charge in [-0.2, -0.15) is 0 Å². The molecule has 16 heavy (non-hydrogen) atoms. The second kappa shape index (κ2) is 6.62. The van der Waals surface area contributed by atoms with Crippen LogP contribution in [0.25, 0.3) is 0 Å². The lowest BCUT2D eigenvalue weighted by Gasteiger charge is -2.03. The minimum atomic E-state index is 0.627. The zero-order chi connectivity index (χ0) is 11.8. The molecule has 2 heteroatoms. The van der Waals surface area contributed by atoms with Crippen molar-refractivity contribution in [2.24, 2.45) is 0 Å². The molecule has 2 nitrogen and oxygen atoms in total. The van der Waals surface area contributed by atoms with E-state index in [4.69, 9.17) is 4.74 Å². The standard InChI is InChI=1S/C12H11NO.C2H6/c1-10-7-8-12(13-9-10)14-11-5-3-2-4-6-11;1-2/h2-9H,1H3;1-2H3. The smallest absolute Gasteiger partial charge is 0.219 e. The van der Waals surface area contributed by atoms with Gasteiger partial charge in [0.05, 0.1) is 0 Å². The van der Waals surface area contributed by atoms with Gasteiger partial charge in [-0.05, 0) is 24.6 Å². The molecular formula is C14H17NO. The lowest BCUT2D eigenvalue weighted by atomic mass is 10.3. The van der Waals surface area contributed by atoms with E-state index in [9.17, 15) is 0 Å². The van der Waals surface area contributed by atoms with Gasteiger partial charge < -0.3 is 4.74 Å². The Balaban J connectivity index is 0.000000606. The van der Waals surface area contributed by atoms with Crippen LogP contribution >= 0.6 is 0 Å². The molecule has 0 aliphatic heterocycles. The Morgan fingerprint density at radius 3 is 2.19 bits per heavy atom. The van der Waals surface area contributed by atoms with E-state index in [1.165, 1.54) is 0 Å². The summed E-state index contributed by atoms with van der Waals surface area (Å²) < 4.78 is 5.52. The average molecular weight is 215 g/mol.